The number of nitrogens with one attached hydrogen (secondary N) is 2. The minimum atomic E-state index is -0.101. The van der Waals surface area contributed by atoms with E-state index in [1.807, 2.05) is 12.1 Å². The predicted octanol–water partition coefficient (Wildman–Crippen LogP) is 1.37. The van der Waals surface area contributed by atoms with Crippen LogP contribution in [0, 0.1) is 11.8 Å². The van der Waals surface area contributed by atoms with Crippen molar-refractivity contribution in [3.63, 3.8) is 0 Å². The minimum Gasteiger partial charge on any atom is -0.378 e. The van der Waals surface area contributed by atoms with Crippen molar-refractivity contribution in [2.75, 3.05) is 37.7 Å². The molecule has 1 aliphatic heterocycles. The zero-order chi connectivity index (χ0) is 15.4. The minimum absolute atomic E-state index is 0.101. The maximum Gasteiger partial charge on any atom is 0.315 e. The summed E-state index contributed by atoms with van der Waals surface area (Å²) in [6.07, 6.45) is 3.02. The van der Waals surface area contributed by atoms with Gasteiger partial charge in [-0.25, -0.2) is 9.78 Å². The largest absolute Gasteiger partial charge is 0.378 e. The van der Waals surface area contributed by atoms with Crippen molar-refractivity contribution in [2.24, 2.45) is 11.8 Å². The number of morpholine rings is 1. The average molecular weight is 304 g/mol. The van der Waals surface area contributed by atoms with E-state index >= 15 is 0 Å². The second kappa shape index (κ2) is 6.96. The van der Waals surface area contributed by atoms with Crippen LogP contribution in [0.1, 0.15) is 18.9 Å². The highest BCUT2D eigenvalue weighted by molar-refractivity contribution is 5.74. The van der Waals surface area contributed by atoms with E-state index in [9.17, 15) is 4.79 Å². The molecule has 2 atom stereocenters. The molecular weight excluding hydrogens is 280 g/mol. The number of pyridine rings is 1. The molecule has 2 fully saturated rings. The molecule has 2 amide bonds. The number of hydrogen-bond donors (Lipinski definition) is 2. The van der Waals surface area contributed by atoms with E-state index in [1.165, 1.54) is 6.42 Å². The molecule has 1 saturated heterocycles. The van der Waals surface area contributed by atoms with Crippen molar-refractivity contribution in [1.82, 2.24) is 15.6 Å². The number of nitrogens with zero attached hydrogens (tertiary/aromatic N) is 2. The standard InChI is InChI=1S/C16H24N4O2/c1-12-9-14(12)11-19-16(21)18-10-13-3-2-4-17-15(13)20-5-7-22-8-6-20/h2-4,12,14H,5-11H2,1H3,(H2,18,19,21)/t12-,14-/m1/s1. The van der Waals surface area contributed by atoms with Crippen LogP contribution in [-0.4, -0.2) is 43.9 Å². The van der Waals surface area contributed by atoms with Crippen molar-refractivity contribution in [3.8, 4) is 0 Å². The van der Waals surface area contributed by atoms with Gasteiger partial charge in [0, 0.05) is 37.9 Å². The first-order valence-electron chi connectivity index (χ1n) is 8.02. The second-order valence-electron chi connectivity index (χ2n) is 6.12. The SMILES string of the molecule is C[C@@H]1C[C@@H]1CNC(=O)NCc1cccnc1N1CCOCC1. The molecule has 1 saturated carbocycles. The summed E-state index contributed by atoms with van der Waals surface area (Å²) in [7, 11) is 0. The fraction of sp³-hybridized carbons (Fsp3) is 0.625. The van der Waals surface area contributed by atoms with Gasteiger partial charge in [-0.3, -0.25) is 0 Å². The van der Waals surface area contributed by atoms with Gasteiger partial charge in [-0.05, 0) is 24.3 Å². The van der Waals surface area contributed by atoms with Crippen LogP contribution in [0.15, 0.2) is 18.3 Å². The van der Waals surface area contributed by atoms with Crippen LogP contribution >= 0.6 is 0 Å². The van der Waals surface area contributed by atoms with E-state index in [0.717, 1.165) is 50.1 Å². The quantitative estimate of drug-likeness (QED) is 0.862. The van der Waals surface area contributed by atoms with Crippen molar-refractivity contribution >= 4 is 11.8 Å². The number of carbonyl (C=O) groups is 1. The molecule has 120 valence electrons. The fourth-order valence-corrected chi connectivity index (χ4v) is 2.77. The topological polar surface area (TPSA) is 66.5 Å². The summed E-state index contributed by atoms with van der Waals surface area (Å²) < 4.78 is 5.38. The third kappa shape index (κ3) is 3.88. The fourth-order valence-electron chi connectivity index (χ4n) is 2.77. The summed E-state index contributed by atoms with van der Waals surface area (Å²) in [4.78, 5) is 18.6. The van der Waals surface area contributed by atoms with Crippen LogP contribution < -0.4 is 15.5 Å². The Morgan fingerprint density at radius 3 is 2.91 bits per heavy atom. The van der Waals surface area contributed by atoms with Crippen molar-refractivity contribution in [1.29, 1.82) is 0 Å². The number of rotatable bonds is 5. The monoisotopic (exact) mass is 304 g/mol. The Morgan fingerprint density at radius 1 is 1.41 bits per heavy atom. The zero-order valence-corrected chi connectivity index (χ0v) is 13.0. The molecule has 1 aromatic heterocycles. The van der Waals surface area contributed by atoms with E-state index in [0.29, 0.717) is 12.5 Å². The highest BCUT2D eigenvalue weighted by atomic mass is 16.5. The Balaban J connectivity index is 1.52. The van der Waals surface area contributed by atoms with Gasteiger partial charge in [-0.1, -0.05) is 13.0 Å². The van der Waals surface area contributed by atoms with Crippen molar-refractivity contribution in [2.45, 2.75) is 19.9 Å². The average Bonchev–Trinajstić information content (AvgIpc) is 3.27. The van der Waals surface area contributed by atoms with Crippen LogP contribution in [0.2, 0.25) is 0 Å². The lowest BCUT2D eigenvalue weighted by atomic mass is 10.2. The zero-order valence-electron chi connectivity index (χ0n) is 13.0. The molecule has 2 N–H and O–H groups in total. The van der Waals surface area contributed by atoms with Gasteiger partial charge < -0.3 is 20.3 Å². The Kier molecular flexibility index (Phi) is 4.77. The maximum atomic E-state index is 11.9. The first-order valence-corrected chi connectivity index (χ1v) is 8.02. The van der Waals surface area contributed by atoms with Crippen molar-refractivity contribution < 1.29 is 9.53 Å². The number of anilines is 1. The Labute approximate surface area is 131 Å². The molecule has 3 rings (SSSR count). The first kappa shape index (κ1) is 15.1. The lowest BCUT2D eigenvalue weighted by molar-refractivity contribution is 0.122. The van der Waals surface area contributed by atoms with Gasteiger partial charge in [-0.2, -0.15) is 0 Å². The van der Waals surface area contributed by atoms with Crippen LogP contribution in [0.25, 0.3) is 0 Å². The number of hydrogen-bond acceptors (Lipinski definition) is 4. The molecule has 0 spiro atoms. The molecule has 0 bridgehead atoms. The van der Waals surface area contributed by atoms with E-state index in [1.54, 1.807) is 6.20 Å². The maximum absolute atomic E-state index is 11.9. The van der Waals surface area contributed by atoms with E-state index in [-0.39, 0.29) is 6.03 Å². The van der Waals surface area contributed by atoms with E-state index in [2.05, 4.69) is 27.4 Å². The summed E-state index contributed by atoms with van der Waals surface area (Å²) in [5, 5.41) is 5.87. The van der Waals surface area contributed by atoms with Gasteiger partial charge in [0.15, 0.2) is 0 Å². The molecule has 2 aliphatic rings. The first-order chi connectivity index (χ1) is 10.7. The summed E-state index contributed by atoms with van der Waals surface area (Å²) >= 11 is 0. The molecule has 2 heterocycles. The lowest BCUT2D eigenvalue weighted by Gasteiger charge is -2.29. The Hall–Kier alpha value is -1.82. The number of carbonyl (C=O) groups excluding carboxylic acids is 1. The van der Waals surface area contributed by atoms with Crippen molar-refractivity contribution in [3.05, 3.63) is 23.9 Å². The molecule has 22 heavy (non-hydrogen) atoms. The third-order valence-electron chi connectivity index (χ3n) is 4.42. The molecule has 1 aromatic rings. The van der Waals surface area contributed by atoms with Crippen LogP contribution in [-0.2, 0) is 11.3 Å². The van der Waals surface area contributed by atoms with Crippen LogP contribution in [0.3, 0.4) is 0 Å². The van der Waals surface area contributed by atoms with Gasteiger partial charge in [0.25, 0.3) is 0 Å². The number of ether oxygens (including phenoxy) is 1. The van der Waals surface area contributed by atoms with Gasteiger partial charge in [-0.15, -0.1) is 0 Å². The lowest BCUT2D eigenvalue weighted by Crippen LogP contribution is -2.39. The predicted molar refractivity (Wildman–Crippen MR) is 84.8 cm³/mol. The molecule has 0 radical (unpaired) electrons. The number of urea groups is 1. The van der Waals surface area contributed by atoms with Gasteiger partial charge >= 0.3 is 6.03 Å². The second-order valence-corrected chi connectivity index (χ2v) is 6.12. The Bertz CT molecular complexity index is 517. The number of amides is 2. The van der Waals surface area contributed by atoms with Gasteiger partial charge in [0.05, 0.1) is 13.2 Å². The molecule has 0 aromatic carbocycles. The molecule has 6 nitrogen and oxygen atoms in total. The van der Waals surface area contributed by atoms with Crippen LogP contribution in [0.4, 0.5) is 10.6 Å². The third-order valence-corrected chi connectivity index (χ3v) is 4.42. The number of aromatic nitrogens is 1. The smallest absolute Gasteiger partial charge is 0.315 e. The highest BCUT2D eigenvalue weighted by Crippen LogP contribution is 2.36. The Morgan fingerprint density at radius 2 is 2.18 bits per heavy atom. The summed E-state index contributed by atoms with van der Waals surface area (Å²) in [6.45, 7) is 6.62. The molecular formula is C16H24N4O2. The molecule has 1 aliphatic carbocycles. The highest BCUT2D eigenvalue weighted by Gasteiger charge is 2.32. The normalized spacial score (nSPS) is 24.0. The molecule has 0 unspecified atom stereocenters. The van der Waals surface area contributed by atoms with Crippen LogP contribution in [0.5, 0.6) is 0 Å². The van der Waals surface area contributed by atoms with Gasteiger partial charge in [0.2, 0.25) is 0 Å². The van der Waals surface area contributed by atoms with E-state index < -0.39 is 0 Å². The summed E-state index contributed by atoms with van der Waals surface area (Å²) in [5.41, 5.74) is 1.04. The summed E-state index contributed by atoms with van der Waals surface area (Å²) in [5.74, 6) is 2.36. The van der Waals surface area contributed by atoms with Gasteiger partial charge in [0.1, 0.15) is 5.82 Å². The summed E-state index contributed by atoms with van der Waals surface area (Å²) in [6, 6.07) is 3.82. The van der Waals surface area contributed by atoms with E-state index in [4.69, 9.17) is 4.74 Å². The molecule has 6 heteroatoms.